The van der Waals surface area contributed by atoms with E-state index < -0.39 is 35.5 Å². The average Bonchev–Trinajstić information content (AvgIpc) is 2.87. The number of carbonyl (C=O) groups excluding carboxylic acids is 1. The molecule has 1 aromatic carbocycles. The van der Waals surface area contributed by atoms with Crippen LogP contribution in [0.3, 0.4) is 0 Å². The number of nitrogen functional groups attached to an aromatic ring is 1. The van der Waals surface area contributed by atoms with E-state index in [1.807, 2.05) is 4.90 Å². The van der Waals surface area contributed by atoms with E-state index in [2.05, 4.69) is 27.5 Å². The number of nitrogens with two attached hydrogens (primary N) is 1. The number of aromatic nitrogens is 2. The van der Waals surface area contributed by atoms with E-state index in [9.17, 15) is 22.4 Å². The summed E-state index contributed by atoms with van der Waals surface area (Å²) in [5.74, 6) is -1.77. The fourth-order valence-electron chi connectivity index (χ4n) is 4.24. The molecule has 10 nitrogen and oxygen atoms in total. The number of piperidine rings is 1. The van der Waals surface area contributed by atoms with E-state index in [0.29, 0.717) is 38.4 Å². The first kappa shape index (κ1) is 33.8. The van der Waals surface area contributed by atoms with Crippen LogP contribution in [-0.2, 0) is 20.5 Å². The van der Waals surface area contributed by atoms with Crippen molar-refractivity contribution in [3.05, 3.63) is 40.9 Å². The van der Waals surface area contributed by atoms with Crippen molar-refractivity contribution in [3.8, 4) is 0 Å². The lowest BCUT2D eigenvalue weighted by Crippen LogP contribution is -2.51. The highest BCUT2D eigenvalue weighted by atomic mass is 35.5. The first-order valence-electron chi connectivity index (χ1n) is 13.0. The fourth-order valence-corrected chi connectivity index (χ4v) is 4.48. The van der Waals surface area contributed by atoms with Crippen LogP contribution in [0.1, 0.15) is 45.6 Å². The van der Waals surface area contributed by atoms with Crippen molar-refractivity contribution in [2.75, 3.05) is 42.2 Å². The van der Waals surface area contributed by atoms with Gasteiger partial charge in [0.05, 0.1) is 12.2 Å². The molecule has 1 aliphatic rings. The molecule has 3 rings (SSSR count). The topological polar surface area (TPSA) is 143 Å². The zero-order valence-electron chi connectivity index (χ0n) is 23.0. The summed E-state index contributed by atoms with van der Waals surface area (Å²) in [6.45, 7) is 6.64. The molecule has 41 heavy (non-hydrogen) atoms. The Balaban J connectivity index is 0.00000138. The molecule has 2 heterocycles. The van der Waals surface area contributed by atoms with Crippen LogP contribution in [0.2, 0.25) is 5.02 Å². The summed E-state index contributed by atoms with van der Waals surface area (Å²) in [5.41, 5.74) is 4.74. The Labute approximate surface area is 240 Å². The maximum absolute atomic E-state index is 14.4. The van der Waals surface area contributed by atoms with Crippen molar-refractivity contribution in [1.29, 1.82) is 0 Å². The van der Waals surface area contributed by atoms with Gasteiger partial charge in [-0.05, 0) is 56.8 Å². The molecule has 1 saturated heterocycles. The van der Waals surface area contributed by atoms with Crippen LogP contribution in [0, 0.1) is 11.7 Å². The highest BCUT2D eigenvalue weighted by Gasteiger charge is 2.32. The molecule has 228 valence electrons. The Bertz CT molecular complexity index is 1170. The largest absolute Gasteiger partial charge is 0.481 e. The standard InChI is InChI=1S/C24H31ClF4N6O2.C2H4O2/c1-3-37-23(36)18(34-17-10-15(24(27,28)29)9-16(25)11-17)5-4-7-31-19-12-35(8-6-14(19)2)22-20(26)21(30)32-13-33-22;1-2(3)4/h9-11,13-14,18-19,31,34H,3-8,12H2,1-2H3,(H2,30,32,33);1H3,(H,3,4)/t14?,18-,19+;/m1./s1. The number of hydrogen-bond donors (Lipinski definition) is 4. The minimum atomic E-state index is -4.57. The zero-order valence-corrected chi connectivity index (χ0v) is 23.7. The molecule has 0 saturated carbocycles. The summed E-state index contributed by atoms with van der Waals surface area (Å²) in [5, 5.41) is 13.6. The SMILES string of the molecule is CC(=O)O.CCOC(=O)[C@@H](CCCN[C@H]1CN(c2ncnc(N)c2F)CCC1C)Nc1cc(Cl)cc(C(F)(F)F)c1. The molecule has 1 aromatic heterocycles. The molecule has 0 radical (unpaired) electrons. The van der Waals surface area contributed by atoms with E-state index in [4.69, 9.17) is 32.0 Å². The Kier molecular flexibility index (Phi) is 12.8. The van der Waals surface area contributed by atoms with Crippen LogP contribution < -0.4 is 21.3 Å². The van der Waals surface area contributed by atoms with Gasteiger partial charge in [0, 0.05) is 36.8 Å². The van der Waals surface area contributed by atoms with Crippen molar-refractivity contribution in [1.82, 2.24) is 15.3 Å². The van der Waals surface area contributed by atoms with Crippen molar-refractivity contribution in [2.24, 2.45) is 5.92 Å². The van der Waals surface area contributed by atoms with E-state index in [-0.39, 0.29) is 35.0 Å². The number of esters is 1. The third-order valence-corrected chi connectivity index (χ3v) is 6.49. The maximum atomic E-state index is 14.4. The summed E-state index contributed by atoms with van der Waals surface area (Å²) in [6.07, 6.45) is -1.70. The van der Waals surface area contributed by atoms with Crippen LogP contribution in [0.15, 0.2) is 24.5 Å². The summed E-state index contributed by atoms with van der Waals surface area (Å²) in [4.78, 5) is 31.0. The van der Waals surface area contributed by atoms with E-state index in [1.165, 1.54) is 12.4 Å². The van der Waals surface area contributed by atoms with Gasteiger partial charge in [-0.25, -0.2) is 14.8 Å². The molecule has 0 amide bonds. The number of halogens is 5. The van der Waals surface area contributed by atoms with Gasteiger partial charge in [0.1, 0.15) is 12.4 Å². The molecule has 1 aliphatic heterocycles. The Morgan fingerprint density at radius 2 is 1.98 bits per heavy atom. The number of hydrogen-bond acceptors (Lipinski definition) is 9. The minimum Gasteiger partial charge on any atom is -0.481 e. The normalized spacial score (nSPS) is 17.7. The van der Waals surface area contributed by atoms with Gasteiger partial charge in [0.2, 0.25) is 5.82 Å². The molecular formula is C26H35ClF4N6O4. The van der Waals surface area contributed by atoms with Crippen molar-refractivity contribution in [2.45, 2.75) is 58.3 Å². The number of anilines is 3. The Morgan fingerprint density at radius 3 is 2.61 bits per heavy atom. The van der Waals surface area contributed by atoms with Crippen molar-refractivity contribution >= 4 is 40.9 Å². The predicted octanol–water partition coefficient (Wildman–Crippen LogP) is 4.59. The monoisotopic (exact) mass is 606 g/mol. The van der Waals surface area contributed by atoms with E-state index in [1.54, 1.807) is 6.92 Å². The van der Waals surface area contributed by atoms with Crippen LogP contribution in [-0.4, -0.2) is 65.3 Å². The number of nitrogens with one attached hydrogen (secondary N) is 2. The minimum absolute atomic E-state index is 0.0283. The number of carbonyl (C=O) groups is 2. The number of ether oxygens (including phenoxy) is 1. The van der Waals surface area contributed by atoms with Gasteiger partial charge in [-0.15, -0.1) is 0 Å². The Hall–Kier alpha value is -3.39. The molecule has 3 atom stereocenters. The number of carboxylic acid groups (broad SMARTS) is 1. The van der Waals surface area contributed by atoms with Crippen LogP contribution in [0.25, 0.3) is 0 Å². The second-order valence-corrected chi connectivity index (χ2v) is 9.94. The predicted molar refractivity (Wildman–Crippen MR) is 147 cm³/mol. The number of nitrogens with zero attached hydrogens (tertiary/aromatic N) is 3. The lowest BCUT2D eigenvalue weighted by molar-refractivity contribution is -0.144. The molecule has 2 aromatic rings. The fraction of sp³-hybridized carbons (Fsp3) is 0.538. The van der Waals surface area contributed by atoms with Gasteiger partial charge in [0.15, 0.2) is 11.6 Å². The molecule has 1 unspecified atom stereocenters. The first-order valence-corrected chi connectivity index (χ1v) is 13.4. The van der Waals surface area contributed by atoms with Crippen LogP contribution in [0.4, 0.5) is 34.9 Å². The molecule has 5 N–H and O–H groups in total. The quantitative estimate of drug-likeness (QED) is 0.172. The van der Waals surface area contributed by atoms with Crippen molar-refractivity contribution in [3.63, 3.8) is 0 Å². The molecule has 1 fully saturated rings. The maximum Gasteiger partial charge on any atom is 0.416 e. The molecular weight excluding hydrogens is 572 g/mol. The van der Waals surface area contributed by atoms with Crippen LogP contribution >= 0.6 is 11.6 Å². The Morgan fingerprint density at radius 1 is 1.29 bits per heavy atom. The third-order valence-electron chi connectivity index (χ3n) is 6.27. The van der Waals surface area contributed by atoms with E-state index in [0.717, 1.165) is 25.5 Å². The molecule has 0 aliphatic carbocycles. The summed E-state index contributed by atoms with van der Waals surface area (Å²) >= 11 is 5.87. The molecule has 15 heteroatoms. The van der Waals surface area contributed by atoms with Crippen LogP contribution in [0.5, 0.6) is 0 Å². The van der Waals surface area contributed by atoms with Gasteiger partial charge in [-0.2, -0.15) is 17.6 Å². The average molecular weight is 607 g/mol. The van der Waals surface area contributed by atoms with Gasteiger partial charge in [-0.3, -0.25) is 4.79 Å². The number of carboxylic acids is 1. The second kappa shape index (κ2) is 15.6. The first-order chi connectivity index (χ1) is 19.2. The lowest BCUT2D eigenvalue weighted by atomic mass is 9.93. The molecule has 0 spiro atoms. The number of alkyl halides is 3. The summed E-state index contributed by atoms with van der Waals surface area (Å²) in [6, 6.07) is 2.23. The van der Waals surface area contributed by atoms with E-state index >= 15 is 0 Å². The van der Waals surface area contributed by atoms with Gasteiger partial charge < -0.3 is 31.1 Å². The lowest BCUT2D eigenvalue weighted by Gasteiger charge is -2.38. The molecule has 0 bridgehead atoms. The van der Waals surface area contributed by atoms with Gasteiger partial charge in [-0.1, -0.05) is 18.5 Å². The third kappa shape index (κ3) is 10.8. The summed E-state index contributed by atoms with van der Waals surface area (Å²) in [7, 11) is 0. The number of rotatable bonds is 10. The van der Waals surface area contributed by atoms with Crippen molar-refractivity contribution < 1.29 is 37.0 Å². The van der Waals surface area contributed by atoms with Gasteiger partial charge >= 0.3 is 12.1 Å². The highest BCUT2D eigenvalue weighted by Crippen LogP contribution is 2.33. The highest BCUT2D eigenvalue weighted by molar-refractivity contribution is 6.31. The second-order valence-electron chi connectivity index (χ2n) is 9.51. The number of aliphatic carboxylic acids is 1. The summed E-state index contributed by atoms with van der Waals surface area (Å²) < 4.78 is 59.0. The zero-order chi connectivity index (χ0) is 30.7. The smallest absolute Gasteiger partial charge is 0.416 e. The number of benzene rings is 1. The van der Waals surface area contributed by atoms with Gasteiger partial charge in [0.25, 0.3) is 5.97 Å².